The van der Waals surface area contributed by atoms with Gasteiger partial charge in [0.15, 0.2) is 0 Å². The minimum Gasteiger partial charge on any atom is -0.465 e. The highest BCUT2D eigenvalue weighted by molar-refractivity contribution is 8.00. The van der Waals surface area contributed by atoms with E-state index >= 15 is 0 Å². The number of hydrogen-bond donors (Lipinski definition) is 1. The maximum Gasteiger partial charge on any atom is 0.337 e. The smallest absolute Gasteiger partial charge is 0.337 e. The number of sulfonamides is 1. The van der Waals surface area contributed by atoms with E-state index in [-0.39, 0.29) is 33.3 Å². The van der Waals surface area contributed by atoms with Gasteiger partial charge in [-0.15, -0.1) is 11.8 Å². The van der Waals surface area contributed by atoms with Crippen LogP contribution in [-0.2, 0) is 19.6 Å². The molecule has 7 nitrogen and oxygen atoms in total. The number of methoxy groups -OCH3 is 1. The molecule has 0 saturated carbocycles. The fourth-order valence-corrected chi connectivity index (χ4v) is 6.06. The molecule has 1 heterocycles. The fourth-order valence-electron chi connectivity index (χ4n) is 2.39. The molecule has 144 valence electrons. The van der Waals surface area contributed by atoms with Crippen LogP contribution in [0.15, 0.2) is 23.1 Å². The van der Waals surface area contributed by atoms with Gasteiger partial charge >= 0.3 is 5.97 Å². The molecule has 10 heteroatoms. The Morgan fingerprint density at radius 2 is 2.15 bits per heavy atom. The van der Waals surface area contributed by atoms with Crippen molar-refractivity contribution >= 4 is 45.3 Å². The van der Waals surface area contributed by atoms with E-state index in [1.54, 1.807) is 0 Å². The molecule has 1 aliphatic heterocycles. The van der Waals surface area contributed by atoms with Crippen molar-refractivity contribution in [1.29, 1.82) is 0 Å². The quantitative estimate of drug-likeness (QED) is 0.708. The van der Waals surface area contributed by atoms with Crippen LogP contribution >= 0.6 is 23.4 Å². The highest BCUT2D eigenvalue weighted by Crippen LogP contribution is 2.32. The Morgan fingerprint density at radius 3 is 2.73 bits per heavy atom. The van der Waals surface area contributed by atoms with E-state index in [9.17, 15) is 18.0 Å². The summed E-state index contributed by atoms with van der Waals surface area (Å²) in [6.07, 6.45) is 0.749. The molecule has 1 aliphatic rings. The van der Waals surface area contributed by atoms with Crippen molar-refractivity contribution in [3.05, 3.63) is 28.8 Å². The first-order chi connectivity index (χ1) is 12.2. The number of carbonyl (C=O) groups is 2. The zero-order chi connectivity index (χ0) is 19.5. The summed E-state index contributed by atoms with van der Waals surface area (Å²) in [6, 6.07) is 3.01. The highest BCUT2D eigenvalue weighted by atomic mass is 35.5. The normalized spacial score (nSPS) is 19.2. The predicted octanol–water partition coefficient (Wildman–Crippen LogP) is 2.10. The fraction of sp³-hybridized carbons (Fsp3) is 0.500. The number of carbonyl (C=O) groups excluding carboxylic acids is 2. The van der Waals surface area contributed by atoms with E-state index in [0.29, 0.717) is 5.75 Å². The van der Waals surface area contributed by atoms with Crippen LogP contribution in [0.4, 0.5) is 0 Å². The molecule has 1 N–H and O–H groups in total. The predicted molar refractivity (Wildman–Crippen MR) is 101 cm³/mol. The molecule has 0 bridgehead atoms. The standard InChI is InChI=1S/C16H21ClN2O5S2/c1-4-10(2)18-15(20)13-8-25-9-19(13)26(22,23)14-6-5-11(7-12(14)17)16(21)24-3/h5-7,10,13H,4,8-9H2,1-3H3,(H,18,20). The van der Waals surface area contributed by atoms with E-state index in [1.165, 1.54) is 37.1 Å². The molecular formula is C16H21ClN2O5S2. The van der Waals surface area contributed by atoms with Crippen molar-refractivity contribution in [2.45, 2.75) is 37.2 Å². The lowest BCUT2D eigenvalue weighted by atomic mass is 10.2. The maximum atomic E-state index is 13.0. The number of thioether (sulfide) groups is 1. The van der Waals surface area contributed by atoms with Crippen LogP contribution in [0.5, 0.6) is 0 Å². The van der Waals surface area contributed by atoms with E-state index in [0.717, 1.165) is 10.7 Å². The lowest BCUT2D eigenvalue weighted by molar-refractivity contribution is -0.124. The third-order valence-corrected chi connectivity index (χ3v) is 7.60. The summed E-state index contributed by atoms with van der Waals surface area (Å²) in [5.74, 6) is -0.399. The summed E-state index contributed by atoms with van der Waals surface area (Å²) in [5, 5.41) is 2.73. The zero-order valence-corrected chi connectivity index (χ0v) is 17.1. The minimum absolute atomic E-state index is 0.0411. The van der Waals surface area contributed by atoms with Crippen molar-refractivity contribution < 1.29 is 22.7 Å². The first-order valence-corrected chi connectivity index (χ1v) is 11.0. The summed E-state index contributed by atoms with van der Waals surface area (Å²) in [5.41, 5.74) is 0.151. The van der Waals surface area contributed by atoms with Crippen molar-refractivity contribution in [3.8, 4) is 0 Å². The molecule has 1 saturated heterocycles. The number of rotatable bonds is 6. The van der Waals surface area contributed by atoms with E-state index < -0.39 is 22.0 Å². The van der Waals surface area contributed by atoms with Crippen molar-refractivity contribution in [3.63, 3.8) is 0 Å². The first kappa shape index (κ1) is 21.0. The van der Waals surface area contributed by atoms with Crippen LogP contribution in [0, 0.1) is 0 Å². The number of amides is 1. The summed E-state index contributed by atoms with van der Waals surface area (Å²) in [7, 11) is -2.76. The SMILES string of the molecule is CCC(C)NC(=O)C1CSCN1S(=O)(=O)c1ccc(C(=O)OC)cc1Cl. The zero-order valence-electron chi connectivity index (χ0n) is 14.7. The van der Waals surface area contributed by atoms with E-state index in [1.807, 2.05) is 13.8 Å². The molecule has 1 aromatic rings. The average molecular weight is 421 g/mol. The Kier molecular flexibility index (Phi) is 6.95. The molecule has 1 aromatic carbocycles. The van der Waals surface area contributed by atoms with Gasteiger partial charge in [-0.25, -0.2) is 13.2 Å². The Bertz CT molecular complexity index is 800. The summed E-state index contributed by atoms with van der Waals surface area (Å²) in [6.45, 7) is 3.80. The number of hydrogen-bond acceptors (Lipinski definition) is 6. The number of esters is 1. The topological polar surface area (TPSA) is 92.8 Å². The van der Waals surface area contributed by atoms with Gasteiger partial charge in [0.1, 0.15) is 10.9 Å². The number of nitrogens with zero attached hydrogens (tertiary/aromatic N) is 1. The van der Waals surface area contributed by atoms with Crippen LogP contribution in [0.3, 0.4) is 0 Å². The molecule has 1 amide bonds. The Hall–Kier alpha value is -1.29. The van der Waals surface area contributed by atoms with E-state index in [4.69, 9.17) is 11.6 Å². The third kappa shape index (κ3) is 4.33. The van der Waals surface area contributed by atoms with Gasteiger partial charge in [0.25, 0.3) is 0 Å². The second kappa shape index (κ2) is 8.60. The number of benzene rings is 1. The molecule has 26 heavy (non-hydrogen) atoms. The summed E-state index contributed by atoms with van der Waals surface area (Å²) < 4.78 is 31.8. The van der Waals surface area contributed by atoms with Crippen LogP contribution in [-0.4, -0.2) is 55.4 Å². The summed E-state index contributed by atoms with van der Waals surface area (Å²) in [4.78, 5) is 23.9. The molecule has 2 atom stereocenters. The second-order valence-electron chi connectivity index (χ2n) is 5.86. The Balaban J connectivity index is 2.31. The molecule has 0 aromatic heterocycles. The van der Waals surface area contributed by atoms with Gasteiger partial charge in [-0.3, -0.25) is 4.79 Å². The number of ether oxygens (including phenoxy) is 1. The van der Waals surface area contributed by atoms with E-state index in [2.05, 4.69) is 10.1 Å². The molecule has 0 aliphatic carbocycles. The van der Waals surface area contributed by atoms with Crippen molar-refractivity contribution in [2.75, 3.05) is 18.7 Å². The summed E-state index contributed by atoms with van der Waals surface area (Å²) >= 11 is 7.47. The van der Waals surface area contributed by atoms with Gasteiger partial charge < -0.3 is 10.1 Å². The van der Waals surface area contributed by atoms with Crippen molar-refractivity contribution in [1.82, 2.24) is 9.62 Å². The van der Waals surface area contributed by atoms with Crippen LogP contribution in [0.1, 0.15) is 30.6 Å². The molecule has 1 fully saturated rings. The van der Waals surface area contributed by atoms with Crippen LogP contribution in [0.2, 0.25) is 5.02 Å². The van der Waals surface area contributed by atoms with Gasteiger partial charge in [-0.1, -0.05) is 18.5 Å². The van der Waals surface area contributed by atoms with Crippen LogP contribution < -0.4 is 5.32 Å². The van der Waals surface area contributed by atoms with Gasteiger partial charge in [-0.2, -0.15) is 4.31 Å². The third-order valence-electron chi connectivity index (χ3n) is 4.09. The van der Waals surface area contributed by atoms with Gasteiger partial charge in [-0.05, 0) is 31.5 Å². The van der Waals surface area contributed by atoms with Gasteiger partial charge in [0, 0.05) is 11.8 Å². The Labute approximate surface area is 162 Å². The lowest BCUT2D eigenvalue weighted by Crippen LogP contribution is -2.49. The average Bonchev–Trinajstić information content (AvgIpc) is 3.11. The number of halogens is 1. The maximum absolute atomic E-state index is 13.0. The van der Waals surface area contributed by atoms with Gasteiger partial charge in [0.2, 0.25) is 15.9 Å². The van der Waals surface area contributed by atoms with Gasteiger partial charge in [0.05, 0.1) is 23.6 Å². The molecule has 0 radical (unpaired) electrons. The minimum atomic E-state index is -3.99. The molecule has 0 spiro atoms. The Morgan fingerprint density at radius 1 is 1.46 bits per heavy atom. The van der Waals surface area contributed by atoms with Crippen molar-refractivity contribution in [2.24, 2.45) is 0 Å². The highest BCUT2D eigenvalue weighted by Gasteiger charge is 2.41. The lowest BCUT2D eigenvalue weighted by Gasteiger charge is -2.24. The number of nitrogens with one attached hydrogen (secondary N) is 1. The molecular weight excluding hydrogens is 400 g/mol. The first-order valence-electron chi connectivity index (χ1n) is 8.00. The monoisotopic (exact) mass is 420 g/mol. The second-order valence-corrected chi connectivity index (χ2v) is 9.13. The molecule has 2 rings (SSSR count). The molecule has 2 unspecified atom stereocenters. The van der Waals surface area contributed by atoms with Crippen LogP contribution in [0.25, 0.3) is 0 Å². The largest absolute Gasteiger partial charge is 0.465 e.